The molecule has 0 aliphatic carbocycles. The molecule has 0 aromatic heterocycles. The Hall–Kier alpha value is -3.29. The lowest BCUT2D eigenvalue weighted by molar-refractivity contribution is -0.383. The van der Waals surface area contributed by atoms with Crippen LogP contribution in [0.25, 0.3) is 0 Å². The van der Waals surface area contributed by atoms with Crippen LogP contribution in [0.5, 0.6) is 0 Å². The quantitative estimate of drug-likeness (QED) is 0.515. The summed E-state index contributed by atoms with van der Waals surface area (Å²) in [5.74, 6) is -2.23. The van der Waals surface area contributed by atoms with Gasteiger partial charge in [0.2, 0.25) is 0 Å². The zero-order valence-corrected chi connectivity index (χ0v) is 12.6. The van der Waals surface area contributed by atoms with E-state index in [0.29, 0.717) is 0 Å². The lowest BCUT2D eigenvalue weighted by atomic mass is 10.2. The maximum absolute atomic E-state index is 13.1. The van der Waals surface area contributed by atoms with Gasteiger partial charge in [0, 0.05) is 6.07 Å². The van der Waals surface area contributed by atoms with Crippen molar-refractivity contribution in [2.24, 2.45) is 0 Å². The molecule has 1 amide bonds. The molecule has 8 heteroatoms. The minimum atomic E-state index is -1.22. The second kappa shape index (κ2) is 7.32. The molecule has 0 heterocycles. The van der Waals surface area contributed by atoms with Gasteiger partial charge in [0.15, 0.2) is 6.10 Å². The van der Waals surface area contributed by atoms with Gasteiger partial charge >= 0.3 is 5.97 Å². The van der Waals surface area contributed by atoms with Crippen LogP contribution in [0, 0.1) is 15.9 Å². The molecule has 2 aromatic carbocycles. The van der Waals surface area contributed by atoms with Crippen LogP contribution in [0.3, 0.4) is 0 Å². The summed E-state index contributed by atoms with van der Waals surface area (Å²) in [6.07, 6.45) is -1.22. The lowest BCUT2D eigenvalue weighted by Gasteiger charge is -2.13. The van der Waals surface area contributed by atoms with E-state index >= 15 is 0 Å². The number of hydrogen-bond acceptors (Lipinski definition) is 5. The average Bonchev–Trinajstić information content (AvgIpc) is 2.55. The average molecular weight is 332 g/mol. The molecule has 0 aliphatic rings. The summed E-state index contributed by atoms with van der Waals surface area (Å²) in [7, 11) is 0. The molecular formula is C16H13FN2O5. The zero-order valence-electron chi connectivity index (χ0n) is 12.6. The highest BCUT2D eigenvalue weighted by Gasteiger charge is 2.22. The van der Waals surface area contributed by atoms with Crippen LogP contribution >= 0.6 is 0 Å². The fourth-order valence-electron chi connectivity index (χ4n) is 1.87. The number of anilines is 1. The van der Waals surface area contributed by atoms with Crippen molar-refractivity contribution in [2.45, 2.75) is 13.0 Å². The first-order valence-corrected chi connectivity index (χ1v) is 6.89. The maximum atomic E-state index is 13.1. The number of rotatable bonds is 5. The number of ether oxygens (including phenoxy) is 1. The summed E-state index contributed by atoms with van der Waals surface area (Å²) >= 11 is 0. The molecule has 7 nitrogen and oxygen atoms in total. The number of para-hydroxylation sites is 2. The van der Waals surface area contributed by atoms with Gasteiger partial charge in [0.05, 0.1) is 10.5 Å². The minimum Gasteiger partial charge on any atom is -0.449 e. The van der Waals surface area contributed by atoms with E-state index < -0.39 is 28.7 Å². The Morgan fingerprint density at radius 1 is 1.21 bits per heavy atom. The van der Waals surface area contributed by atoms with Gasteiger partial charge < -0.3 is 10.1 Å². The highest BCUT2D eigenvalue weighted by atomic mass is 19.1. The monoisotopic (exact) mass is 332 g/mol. The van der Waals surface area contributed by atoms with Gasteiger partial charge in [-0.2, -0.15) is 0 Å². The van der Waals surface area contributed by atoms with Gasteiger partial charge in [-0.1, -0.05) is 18.2 Å². The predicted molar refractivity (Wildman–Crippen MR) is 83.0 cm³/mol. The lowest BCUT2D eigenvalue weighted by Crippen LogP contribution is -2.30. The molecule has 24 heavy (non-hydrogen) atoms. The van der Waals surface area contributed by atoms with Gasteiger partial charge in [0.1, 0.15) is 11.5 Å². The van der Waals surface area contributed by atoms with Gasteiger partial charge in [-0.25, -0.2) is 9.18 Å². The first-order chi connectivity index (χ1) is 11.4. The number of nitrogens with one attached hydrogen (secondary N) is 1. The summed E-state index contributed by atoms with van der Waals surface area (Å²) in [6, 6.07) is 10.4. The van der Waals surface area contributed by atoms with E-state index in [1.165, 1.54) is 49.4 Å². The van der Waals surface area contributed by atoms with Crippen molar-refractivity contribution in [2.75, 3.05) is 5.32 Å². The summed E-state index contributed by atoms with van der Waals surface area (Å²) < 4.78 is 18.0. The Balaban J connectivity index is 2.05. The Morgan fingerprint density at radius 3 is 2.58 bits per heavy atom. The Labute approximate surface area is 136 Å². The molecule has 1 N–H and O–H groups in total. The van der Waals surface area contributed by atoms with Crippen LogP contribution in [0.2, 0.25) is 0 Å². The van der Waals surface area contributed by atoms with E-state index in [1.54, 1.807) is 0 Å². The Kier molecular flexibility index (Phi) is 5.20. The van der Waals surface area contributed by atoms with Crippen molar-refractivity contribution in [1.82, 2.24) is 0 Å². The third kappa shape index (κ3) is 4.13. The largest absolute Gasteiger partial charge is 0.449 e. The second-order valence-corrected chi connectivity index (χ2v) is 4.82. The van der Waals surface area contributed by atoms with Crippen molar-refractivity contribution in [1.29, 1.82) is 0 Å². The molecule has 124 valence electrons. The molecule has 0 saturated heterocycles. The van der Waals surface area contributed by atoms with Crippen LogP contribution < -0.4 is 5.32 Å². The van der Waals surface area contributed by atoms with Crippen molar-refractivity contribution in [3.05, 3.63) is 70.0 Å². The van der Waals surface area contributed by atoms with Crippen molar-refractivity contribution < 1.29 is 23.6 Å². The van der Waals surface area contributed by atoms with Crippen molar-refractivity contribution >= 4 is 23.3 Å². The summed E-state index contributed by atoms with van der Waals surface area (Å²) in [4.78, 5) is 34.2. The Bertz CT molecular complexity index is 794. The van der Waals surface area contributed by atoms with Gasteiger partial charge in [0.25, 0.3) is 11.6 Å². The van der Waals surface area contributed by atoms with E-state index in [0.717, 1.165) is 6.07 Å². The van der Waals surface area contributed by atoms with Crippen molar-refractivity contribution in [3.8, 4) is 0 Å². The van der Waals surface area contributed by atoms with Crippen LogP contribution in [-0.2, 0) is 9.53 Å². The molecule has 0 unspecified atom stereocenters. The topological polar surface area (TPSA) is 98.5 Å². The molecular weight excluding hydrogens is 319 g/mol. The van der Waals surface area contributed by atoms with E-state index in [2.05, 4.69) is 5.32 Å². The minimum absolute atomic E-state index is 0.0128. The number of carbonyl (C=O) groups excluding carboxylic acids is 2. The fraction of sp³-hybridized carbons (Fsp3) is 0.125. The normalized spacial score (nSPS) is 11.4. The second-order valence-electron chi connectivity index (χ2n) is 4.82. The number of hydrogen-bond donors (Lipinski definition) is 1. The zero-order chi connectivity index (χ0) is 17.7. The molecule has 1 atom stereocenters. The maximum Gasteiger partial charge on any atom is 0.339 e. The highest BCUT2D eigenvalue weighted by molar-refractivity contribution is 5.98. The number of esters is 1. The molecule has 0 saturated carbocycles. The number of nitro benzene ring substituents is 1. The predicted octanol–water partition coefficient (Wildman–Crippen LogP) is 2.92. The summed E-state index contributed by atoms with van der Waals surface area (Å²) in [5.41, 5.74) is -0.337. The number of benzene rings is 2. The van der Waals surface area contributed by atoms with Crippen LogP contribution in [-0.4, -0.2) is 22.9 Å². The van der Waals surface area contributed by atoms with E-state index in [1.807, 2.05) is 0 Å². The SMILES string of the molecule is C[C@H](OC(=O)c1cccc(F)c1)C(=O)Nc1ccccc1[N+](=O)[O-]. The molecule has 0 spiro atoms. The summed E-state index contributed by atoms with van der Waals surface area (Å²) in [5, 5.41) is 13.2. The van der Waals surface area contributed by atoms with E-state index in [9.17, 15) is 24.1 Å². The molecule has 0 aliphatic heterocycles. The smallest absolute Gasteiger partial charge is 0.339 e. The van der Waals surface area contributed by atoms with E-state index in [-0.39, 0.29) is 16.9 Å². The van der Waals surface area contributed by atoms with Crippen LogP contribution in [0.4, 0.5) is 15.8 Å². The number of nitro groups is 1. The first kappa shape index (κ1) is 17.1. The molecule has 0 radical (unpaired) electrons. The van der Waals surface area contributed by atoms with Gasteiger partial charge in [-0.05, 0) is 31.2 Å². The molecule has 2 aromatic rings. The fourth-order valence-corrected chi connectivity index (χ4v) is 1.87. The third-order valence-electron chi connectivity index (χ3n) is 3.07. The van der Waals surface area contributed by atoms with Gasteiger partial charge in [-0.3, -0.25) is 14.9 Å². The third-order valence-corrected chi connectivity index (χ3v) is 3.07. The molecule has 2 rings (SSSR count). The van der Waals surface area contributed by atoms with Gasteiger partial charge in [-0.15, -0.1) is 0 Å². The molecule has 0 fully saturated rings. The summed E-state index contributed by atoms with van der Waals surface area (Å²) in [6.45, 7) is 1.31. The number of nitrogens with zero attached hydrogens (tertiary/aromatic N) is 1. The number of carbonyl (C=O) groups is 2. The first-order valence-electron chi connectivity index (χ1n) is 6.89. The number of halogens is 1. The Morgan fingerprint density at radius 2 is 1.92 bits per heavy atom. The van der Waals surface area contributed by atoms with Crippen LogP contribution in [0.1, 0.15) is 17.3 Å². The van der Waals surface area contributed by atoms with Crippen molar-refractivity contribution in [3.63, 3.8) is 0 Å². The van der Waals surface area contributed by atoms with E-state index in [4.69, 9.17) is 4.74 Å². The molecule has 0 bridgehead atoms. The standard InChI is InChI=1S/C16H13FN2O5/c1-10(24-16(21)11-5-4-6-12(17)9-11)15(20)18-13-7-2-3-8-14(13)19(22)23/h2-10H,1H3,(H,18,20)/t10-/m0/s1. The van der Waals surface area contributed by atoms with Crippen LogP contribution in [0.15, 0.2) is 48.5 Å². The highest BCUT2D eigenvalue weighted by Crippen LogP contribution is 2.23. The number of amides is 1.